The van der Waals surface area contributed by atoms with Gasteiger partial charge in [0.1, 0.15) is 35.9 Å². The number of allylic oxidation sites excluding steroid dienone is 1. The largest absolute Gasteiger partial charge is 0.497 e. The van der Waals surface area contributed by atoms with E-state index in [9.17, 15) is 14.4 Å². The van der Waals surface area contributed by atoms with E-state index in [1.54, 1.807) is 62.8 Å². The average Bonchev–Trinajstić information content (AvgIpc) is 0.781. The number of hydrogen-bond acceptors (Lipinski definition) is 12. The van der Waals surface area contributed by atoms with E-state index in [0.717, 1.165) is 55.4 Å². The number of hydrogen-bond donors (Lipinski definition) is 1. The van der Waals surface area contributed by atoms with Crippen LogP contribution in [0.3, 0.4) is 0 Å². The first kappa shape index (κ1) is 77.4. The maximum Gasteiger partial charge on any atom is 0.338 e. The Labute approximate surface area is 556 Å². The smallest absolute Gasteiger partial charge is 0.338 e. The first-order chi connectivity index (χ1) is 44.7. The minimum absolute atomic E-state index is 0.0471. The van der Waals surface area contributed by atoms with Crippen LogP contribution in [0.1, 0.15) is 246 Å². The van der Waals surface area contributed by atoms with Crippen LogP contribution < -0.4 is 14.8 Å². The Kier molecular flexibility index (Phi) is 37.9. The molecule has 4 aromatic carbocycles. The molecule has 1 saturated heterocycles. The van der Waals surface area contributed by atoms with Crippen LogP contribution in [0.4, 0.5) is 0 Å². The Morgan fingerprint density at radius 1 is 0.543 bits per heavy atom. The lowest BCUT2D eigenvalue weighted by Gasteiger charge is -2.49. The molecule has 1 heterocycles. The second-order valence-corrected chi connectivity index (χ2v) is 31.6. The van der Waals surface area contributed by atoms with Gasteiger partial charge in [-0.15, -0.1) is 0 Å². The number of benzene rings is 4. The predicted octanol–water partition coefficient (Wildman–Crippen LogP) is 19.4. The lowest BCUT2D eigenvalue weighted by atomic mass is 9.98. The van der Waals surface area contributed by atoms with Crippen LogP contribution in [0.25, 0.3) is 0 Å². The zero-order valence-corrected chi connectivity index (χ0v) is 59.1. The Balaban J connectivity index is 1.47. The fourth-order valence-electron chi connectivity index (χ4n) is 11.3. The van der Waals surface area contributed by atoms with Gasteiger partial charge in [0.2, 0.25) is 5.91 Å². The third kappa shape index (κ3) is 29.9. The summed E-state index contributed by atoms with van der Waals surface area (Å²) >= 11 is 0. The number of carbonyl (C=O) groups excluding carboxylic acids is 3. The molecule has 0 bridgehead atoms. The molecule has 1 amide bonds. The Bertz CT molecular complexity index is 2590. The second kappa shape index (κ2) is 45.1. The topological polar surface area (TPSA) is 146 Å². The number of carbonyl (C=O) groups is 3. The van der Waals surface area contributed by atoms with Crippen LogP contribution in [0.2, 0.25) is 18.1 Å². The van der Waals surface area contributed by atoms with Gasteiger partial charge in [0.15, 0.2) is 20.7 Å². The second-order valence-electron chi connectivity index (χ2n) is 26.8. The lowest BCUT2D eigenvalue weighted by Crippen LogP contribution is -2.65. The van der Waals surface area contributed by atoms with Crippen molar-refractivity contribution < 1.29 is 56.7 Å². The molecule has 4 aromatic rings. The van der Waals surface area contributed by atoms with Crippen LogP contribution in [0.15, 0.2) is 121 Å². The van der Waals surface area contributed by atoms with Crippen LogP contribution in [0, 0.1) is 0 Å². The molecule has 0 unspecified atom stereocenters. The minimum atomic E-state index is -2.68. The molecule has 13 nitrogen and oxygen atoms in total. The van der Waals surface area contributed by atoms with Crippen LogP contribution in [-0.2, 0) is 50.9 Å². The monoisotopic (exact) mass is 1290 g/mol. The summed E-state index contributed by atoms with van der Waals surface area (Å²) in [6, 6.07) is 32.1. The summed E-state index contributed by atoms with van der Waals surface area (Å²) in [4.78, 5) is 43.3. The number of esters is 2. The average molecular weight is 1290 g/mol. The van der Waals surface area contributed by atoms with Gasteiger partial charge in [-0.2, -0.15) is 0 Å². The van der Waals surface area contributed by atoms with E-state index in [0.29, 0.717) is 23.3 Å². The van der Waals surface area contributed by atoms with Gasteiger partial charge in [0.25, 0.3) is 0 Å². The van der Waals surface area contributed by atoms with Gasteiger partial charge in [0.05, 0.1) is 57.8 Å². The van der Waals surface area contributed by atoms with E-state index in [-0.39, 0.29) is 43.8 Å². The van der Waals surface area contributed by atoms with Crippen molar-refractivity contribution in [2.45, 2.75) is 289 Å². The molecule has 1 aliphatic rings. The van der Waals surface area contributed by atoms with Crippen molar-refractivity contribution in [2.24, 2.45) is 0 Å². The van der Waals surface area contributed by atoms with E-state index in [1.807, 2.05) is 66.7 Å². The third-order valence-corrected chi connectivity index (χ3v) is 22.6. The summed E-state index contributed by atoms with van der Waals surface area (Å²) < 4.78 is 59.3. The quantitative estimate of drug-likeness (QED) is 0.0194. The van der Waals surface area contributed by atoms with E-state index in [4.69, 9.17) is 42.3 Å². The molecule has 14 heteroatoms. The van der Waals surface area contributed by atoms with Crippen LogP contribution in [0.5, 0.6) is 11.5 Å². The molecule has 5 rings (SSSR count). The molecule has 0 saturated carbocycles. The molecule has 0 radical (unpaired) electrons. The Morgan fingerprint density at radius 3 is 1.48 bits per heavy atom. The Hall–Kier alpha value is -5.35. The highest BCUT2D eigenvalue weighted by Crippen LogP contribution is 2.41. The van der Waals surface area contributed by atoms with Crippen molar-refractivity contribution >= 4 is 26.2 Å². The molecule has 0 aliphatic carbocycles. The summed E-state index contributed by atoms with van der Waals surface area (Å²) in [6.45, 7) is 15.6. The Morgan fingerprint density at radius 2 is 1.00 bits per heavy atom. The number of nitrogens with one attached hydrogen (secondary N) is 1. The fraction of sp³-hybridized carbons (Fsp3) is 0.628. The van der Waals surface area contributed by atoms with Crippen LogP contribution >= 0.6 is 0 Å². The number of unbranched alkanes of at least 4 members (excludes halogenated alkanes) is 25. The summed E-state index contributed by atoms with van der Waals surface area (Å²) in [6.07, 6.45) is 30.7. The standard InChI is InChI=1S/C78H119NO12Si/c1-10-12-14-16-18-20-22-24-25-27-29-31-33-35-43-49-71(80)79-68(69(88-75(81)64-44-38-36-39-45-64)48-42-34-32-30-28-26-23-21-19-17-15-13-11-2)60-87-77-74(90-76(82)65-46-40-37-41-47-65)73(86-59-63-52-56-67(84-7)57-53-63)72(91-92(8,9)78(3,4)5)70(89-77)61-85-58-62-50-54-66(83-6)55-51-62/h36-42,44-48,50-57,68-70,72-74,77H,10-35,43,49,58-61H2,1-9H3,(H,79,80)/b48-42+/t68-,69+,70+,72+,73-,74+,77+/m0/s1. The maximum absolute atomic E-state index is 14.6. The summed E-state index contributed by atoms with van der Waals surface area (Å²) in [5.41, 5.74) is 2.48. The van der Waals surface area contributed by atoms with E-state index in [2.05, 4.69) is 59.1 Å². The summed E-state index contributed by atoms with van der Waals surface area (Å²) in [7, 11) is 0.585. The van der Waals surface area contributed by atoms with Gasteiger partial charge in [-0.3, -0.25) is 4.79 Å². The van der Waals surface area contributed by atoms with Gasteiger partial charge in [-0.05, 0) is 103 Å². The van der Waals surface area contributed by atoms with Crippen LogP contribution in [-0.4, -0.2) is 96.4 Å². The van der Waals surface area contributed by atoms with Crippen molar-refractivity contribution in [2.75, 3.05) is 27.4 Å². The summed E-state index contributed by atoms with van der Waals surface area (Å²) in [5.74, 6) is 0.102. The first-order valence-corrected chi connectivity index (χ1v) is 38.4. The highest BCUT2D eigenvalue weighted by Gasteiger charge is 2.54. The van der Waals surface area contributed by atoms with Crippen molar-refractivity contribution in [1.29, 1.82) is 0 Å². The first-order valence-electron chi connectivity index (χ1n) is 35.5. The highest BCUT2D eigenvalue weighted by atomic mass is 28.4. The van der Waals surface area contributed by atoms with Gasteiger partial charge < -0.3 is 47.6 Å². The summed E-state index contributed by atoms with van der Waals surface area (Å²) in [5, 5.41) is 3.03. The number of methoxy groups -OCH3 is 2. The highest BCUT2D eigenvalue weighted by molar-refractivity contribution is 6.74. The zero-order valence-electron chi connectivity index (χ0n) is 58.1. The minimum Gasteiger partial charge on any atom is -0.497 e. The molecule has 0 spiro atoms. The van der Waals surface area contributed by atoms with E-state index >= 15 is 0 Å². The molecule has 512 valence electrons. The van der Waals surface area contributed by atoms with E-state index in [1.165, 1.54) is 128 Å². The van der Waals surface area contributed by atoms with Crippen molar-refractivity contribution in [3.63, 3.8) is 0 Å². The molecular weight excluding hydrogens is 1170 g/mol. The molecular formula is C78H119NO12Si. The lowest BCUT2D eigenvalue weighted by molar-refractivity contribution is -0.309. The zero-order chi connectivity index (χ0) is 66.1. The van der Waals surface area contributed by atoms with E-state index < -0.39 is 63.1 Å². The fourth-order valence-corrected chi connectivity index (χ4v) is 12.7. The molecule has 7 atom stereocenters. The molecule has 0 aromatic heterocycles. The number of amides is 1. The van der Waals surface area contributed by atoms with Crippen molar-refractivity contribution in [1.82, 2.24) is 5.32 Å². The van der Waals surface area contributed by atoms with Crippen molar-refractivity contribution in [3.8, 4) is 11.5 Å². The molecule has 1 N–H and O–H groups in total. The molecule has 1 fully saturated rings. The van der Waals surface area contributed by atoms with Crippen molar-refractivity contribution in [3.05, 3.63) is 144 Å². The number of rotatable bonds is 49. The van der Waals surface area contributed by atoms with Gasteiger partial charge in [-0.1, -0.05) is 255 Å². The normalized spacial score (nSPS) is 17.5. The SMILES string of the molecule is CCCCCCCCCCCCC/C=C/[C@@H](OC(=O)c1ccccc1)[C@H](CO[C@@H]1O[C@H](COCc2ccc(OC)cc2)[C@@H](O[Si](C)(C)C(C)(C)C)[C@H](OCc2ccc(OC)cc2)[C@H]1OC(=O)c1ccccc1)NC(=O)CCCCCCCCCCCCCCCCC. The third-order valence-electron chi connectivity index (χ3n) is 18.1. The van der Waals surface area contributed by atoms with Gasteiger partial charge in [0, 0.05) is 6.42 Å². The number of ether oxygens (including phenoxy) is 8. The predicted molar refractivity (Wildman–Crippen MR) is 374 cm³/mol. The van der Waals surface area contributed by atoms with Gasteiger partial charge in [-0.25, -0.2) is 9.59 Å². The molecule has 92 heavy (non-hydrogen) atoms. The maximum atomic E-state index is 14.6. The molecule has 1 aliphatic heterocycles. The van der Waals surface area contributed by atoms with Gasteiger partial charge >= 0.3 is 11.9 Å².